The Hall–Kier alpha value is -1.81. The van der Waals surface area contributed by atoms with Gasteiger partial charge in [0.05, 0.1) is 23.3 Å². The van der Waals surface area contributed by atoms with Crippen LogP contribution in [0.25, 0.3) is 11.1 Å². The van der Waals surface area contributed by atoms with Crippen molar-refractivity contribution >= 4 is 23.5 Å². The predicted octanol–water partition coefficient (Wildman–Crippen LogP) is 3.87. The van der Waals surface area contributed by atoms with Crippen LogP contribution in [0.3, 0.4) is 0 Å². The zero-order valence-electron chi connectivity index (χ0n) is 16.5. The summed E-state index contributed by atoms with van der Waals surface area (Å²) in [6, 6.07) is 7.45. The van der Waals surface area contributed by atoms with Crippen LogP contribution < -0.4 is 5.76 Å². The van der Waals surface area contributed by atoms with Crippen LogP contribution >= 0.6 is 12.4 Å². The van der Waals surface area contributed by atoms with Crippen LogP contribution in [0, 0.1) is 11.3 Å². The lowest BCUT2D eigenvalue weighted by atomic mass is 9.79. The largest absolute Gasteiger partial charge is 0.420 e. The van der Waals surface area contributed by atoms with Gasteiger partial charge in [0.25, 0.3) is 0 Å². The predicted molar refractivity (Wildman–Crippen MR) is 110 cm³/mol. The number of fused-ring (bicyclic) bond motifs is 1. The first kappa shape index (κ1) is 20.9. The summed E-state index contributed by atoms with van der Waals surface area (Å²) in [7, 11) is 1.81. The second-order valence-electron chi connectivity index (χ2n) is 8.18. The number of piperidine rings is 1. The van der Waals surface area contributed by atoms with Gasteiger partial charge in [-0.05, 0) is 63.6 Å². The molecule has 7 heteroatoms. The highest BCUT2D eigenvalue weighted by Crippen LogP contribution is 2.37. The van der Waals surface area contributed by atoms with Gasteiger partial charge in [0.2, 0.25) is 0 Å². The van der Waals surface area contributed by atoms with Gasteiger partial charge in [0.15, 0.2) is 5.58 Å². The van der Waals surface area contributed by atoms with E-state index in [4.69, 9.17) is 14.4 Å². The zero-order chi connectivity index (χ0) is 19.0. The number of likely N-dealkylation sites (tertiary alicyclic amines) is 1. The van der Waals surface area contributed by atoms with E-state index >= 15 is 0 Å². The topological polar surface area (TPSA) is 71.4 Å². The summed E-state index contributed by atoms with van der Waals surface area (Å²) in [5, 5.41) is 9.17. The van der Waals surface area contributed by atoms with Crippen LogP contribution in [-0.2, 0) is 4.74 Å². The molecule has 2 heterocycles. The van der Waals surface area contributed by atoms with E-state index in [0.29, 0.717) is 17.3 Å². The second kappa shape index (κ2) is 8.28. The maximum absolute atomic E-state index is 12.4. The zero-order valence-corrected chi connectivity index (χ0v) is 17.3. The molecule has 0 radical (unpaired) electrons. The Morgan fingerprint density at radius 1 is 1.21 bits per heavy atom. The summed E-state index contributed by atoms with van der Waals surface area (Å²) < 4.78 is 12.7. The Balaban J connectivity index is 0.00000225. The SMILES string of the molecule is CO[C@H]1CC[C@](C)(N2CCC(n3c(=O)oc4ccc(C#N)cc43)CC2)CC1.Cl. The van der Waals surface area contributed by atoms with Crippen molar-refractivity contribution in [2.45, 2.75) is 63.1 Å². The van der Waals surface area contributed by atoms with Crippen LogP contribution in [0.15, 0.2) is 27.4 Å². The molecule has 1 aliphatic heterocycles. The molecule has 1 saturated carbocycles. The Kier molecular flexibility index (Phi) is 6.18. The minimum atomic E-state index is -0.314. The molecule has 2 fully saturated rings. The number of hydrogen-bond acceptors (Lipinski definition) is 5. The van der Waals surface area contributed by atoms with Crippen LogP contribution in [-0.4, -0.2) is 41.3 Å². The van der Waals surface area contributed by atoms with Crippen molar-refractivity contribution in [3.8, 4) is 6.07 Å². The molecule has 0 atom stereocenters. The minimum absolute atomic E-state index is 0. The Morgan fingerprint density at radius 2 is 1.89 bits per heavy atom. The van der Waals surface area contributed by atoms with Crippen molar-refractivity contribution in [3.05, 3.63) is 34.3 Å². The fourth-order valence-electron chi connectivity index (χ4n) is 4.88. The van der Waals surface area contributed by atoms with E-state index in [1.165, 1.54) is 0 Å². The van der Waals surface area contributed by atoms with Crippen molar-refractivity contribution in [1.29, 1.82) is 5.26 Å². The van der Waals surface area contributed by atoms with Gasteiger partial charge in [-0.15, -0.1) is 12.4 Å². The molecule has 1 saturated heterocycles. The lowest BCUT2D eigenvalue weighted by Crippen LogP contribution is -2.52. The summed E-state index contributed by atoms with van der Waals surface area (Å²) >= 11 is 0. The van der Waals surface area contributed by atoms with E-state index < -0.39 is 0 Å². The normalized spacial score (nSPS) is 26.7. The number of ether oxygens (including phenoxy) is 1. The van der Waals surface area contributed by atoms with Crippen LogP contribution in [0.5, 0.6) is 0 Å². The van der Waals surface area contributed by atoms with Gasteiger partial charge in [-0.3, -0.25) is 9.47 Å². The number of rotatable bonds is 3. The van der Waals surface area contributed by atoms with Gasteiger partial charge in [-0.1, -0.05) is 0 Å². The molecular formula is C21H28ClN3O3. The van der Waals surface area contributed by atoms with E-state index in [2.05, 4.69) is 17.9 Å². The first-order chi connectivity index (χ1) is 13.0. The lowest BCUT2D eigenvalue weighted by molar-refractivity contribution is -0.0147. The van der Waals surface area contributed by atoms with Gasteiger partial charge >= 0.3 is 5.76 Å². The van der Waals surface area contributed by atoms with Crippen molar-refractivity contribution < 1.29 is 9.15 Å². The van der Waals surface area contributed by atoms with Gasteiger partial charge < -0.3 is 9.15 Å². The number of nitriles is 1. The Labute approximate surface area is 171 Å². The summed E-state index contributed by atoms with van der Waals surface area (Å²) in [6.45, 7) is 4.34. The van der Waals surface area contributed by atoms with Crippen molar-refractivity contribution in [1.82, 2.24) is 9.47 Å². The number of oxazole rings is 1. The number of methoxy groups -OCH3 is 1. The molecule has 0 amide bonds. The van der Waals surface area contributed by atoms with Crippen molar-refractivity contribution in [2.24, 2.45) is 0 Å². The maximum atomic E-state index is 12.4. The summed E-state index contributed by atoms with van der Waals surface area (Å²) in [6.07, 6.45) is 6.82. The van der Waals surface area contributed by atoms with Crippen molar-refractivity contribution in [3.63, 3.8) is 0 Å². The van der Waals surface area contributed by atoms with Crippen LogP contribution in [0.4, 0.5) is 0 Å². The molecule has 1 aromatic carbocycles. The highest BCUT2D eigenvalue weighted by Gasteiger charge is 2.38. The number of benzene rings is 1. The minimum Gasteiger partial charge on any atom is -0.408 e. The molecule has 0 bridgehead atoms. The standard InChI is InChI=1S/C21H27N3O3.ClH/c1-21(9-5-17(26-2)6-10-21)23-11-7-16(8-12-23)24-18-13-15(14-22)3-4-19(18)27-20(24)25;/h3-4,13,16-17H,5-12H2,1-2H3;1H/t17-,21-;. The molecule has 0 unspecified atom stereocenters. The van der Waals surface area contributed by atoms with E-state index in [-0.39, 0.29) is 29.7 Å². The lowest BCUT2D eigenvalue weighted by Gasteiger charge is -2.48. The third-order valence-electron chi connectivity index (χ3n) is 6.68. The molecule has 0 spiro atoms. The molecule has 1 aliphatic carbocycles. The van der Waals surface area contributed by atoms with Gasteiger partial charge in [-0.25, -0.2) is 4.79 Å². The van der Waals surface area contributed by atoms with E-state index in [1.54, 1.807) is 22.8 Å². The van der Waals surface area contributed by atoms with Crippen molar-refractivity contribution in [2.75, 3.05) is 20.2 Å². The summed E-state index contributed by atoms with van der Waals surface area (Å²) in [4.78, 5) is 15.0. The number of nitrogens with zero attached hydrogens (tertiary/aromatic N) is 3. The fraction of sp³-hybridized carbons (Fsp3) is 0.619. The second-order valence-corrected chi connectivity index (χ2v) is 8.18. The number of hydrogen-bond donors (Lipinski definition) is 0. The van der Waals surface area contributed by atoms with Gasteiger partial charge in [0, 0.05) is 31.8 Å². The highest BCUT2D eigenvalue weighted by atomic mass is 35.5. The summed E-state index contributed by atoms with van der Waals surface area (Å²) in [5.41, 5.74) is 2.09. The van der Waals surface area contributed by atoms with Crippen LogP contribution in [0.1, 0.15) is 57.1 Å². The molecule has 6 nitrogen and oxygen atoms in total. The number of aromatic nitrogens is 1. The monoisotopic (exact) mass is 405 g/mol. The van der Waals surface area contributed by atoms with E-state index in [1.807, 2.05) is 7.11 Å². The molecule has 2 aromatic rings. The summed E-state index contributed by atoms with van der Waals surface area (Å²) in [5.74, 6) is -0.314. The molecule has 28 heavy (non-hydrogen) atoms. The average molecular weight is 406 g/mol. The van der Waals surface area contributed by atoms with Gasteiger partial charge in [0.1, 0.15) is 0 Å². The van der Waals surface area contributed by atoms with E-state index in [0.717, 1.165) is 57.1 Å². The number of halogens is 1. The van der Waals surface area contributed by atoms with E-state index in [9.17, 15) is 4.79 Å². The molecule has 2 aliphatic rings. The smallest absolute Gasteiger partial charge is 0.408 e. The molecule has 152 valence electrons. The maximum Gasteiger partial charge on any atom is 0.420 e. The van der Waals surface area contributed by atoms with Gasteiger partial charge in [-0.2, -0.15) is 5.26 Å². The highest BCUT2D eigenvalue weighted by molar-refractivity contribution is 5.85. The average Bonchev–Trinajstić information content (AvgIpc) is 3.03. The first-order valence-corrected chi connectivity index (χ1v) is 9.87. The third-order valence-corrected chi connectivity index (χ3v) is 6.68. The molecule has 0 N–H and O–H groups in total. The first-order valence-electron chi connectivity index (χ1n) is 9.87. The fourth-order valence-corrected chi connectivity index (χ4v) is 4.88. The Bertz CT molecular complexity index is 913. The molecular weight excluding hydrogens is 378 g/mol. The third kappa shape index (κ3) is 3.71. The quantitative estimate of drug-likeness (QED) is 0.775. The van der Waals surface area contributed by atoms with Crippen LogP contribution in [0.2, 0.25) is 0 Å². The molecule has 1 aromatic heterocycles. The Morgan fingerprint density at radius 3 is 2.50 bits per heavy atom. The molecule has 4 rings (SSSR count).